The molecule has 0 saturated carbocycles. The monoisotopic (exact) mass is 216 g/mol. The van der Waals surface area contributed by atoms with Crippen LogP contribution in [0, 0.1) is 5.92 Å². The Balaban J connectivity index is 0. The third kappa shape index (κ3) is 11.4. The zero-order valence-corrected chi connectivity index (χ0v) is 10.9. The number of carbonyl (C=O) groups is 1. The molecule has 0 spiro atoms. The maximum Gasteiger partial charge on any atom is 0.306 e. The number of hydrogen-bond donors (Lipinski definition) is 1. The first-order chi connectivity index (χ1) is 7.22. The highest BCUT2D eigenvalue weighted by Crippen LogP contribution is 2.16. The van der Waals surface area contributed by atoms with Crippen LogP contribution >= 0.6 is 0 Å². The van der Waals surface area contributed by atoms with Gasteiger partial charge in [0.1, 0.15) is 0 Å². The van der Waals surface area contributed by atoms with E-state index >= 15 is 0 Å². The van der Waals surface area contributed by atoms with Gasteiger partial charge in [-0.05, 0) is 12.8 Å². The van der Waals surface area contributed by atoms with Gasteiger partial charge in [-0.3, -0.25) is 4.79 Å². The van der Waals surface area contributed by atoms with Crippen LogP contribution in [0.25, 0.3) is 0 Å². The lowest BCUT2D eigenvalue weighted by Gasteiger charge is -2.09. The van der Waals surface area contributed by atoms with Crippen LogP contribution < -0.4 is 0 Å². The van der Waals surface area contributed by atoms with E-state index < -0.39 is 5.97 Å². The second-order valence-corrected chi connectivity index (χ2v) is 3.67. The molecule has 2 heteroatoms. The quantitative estimate of drug-likeness (QED) is 0.607. The number of carboxylic acids is 1. The van der Waals surface area contributed by atoms with Gasteiger partial charge in [0.25, 0.3) is 0 Å². The average molecular weight is 216 g/mol. The van der Waals surface area contributed by atoms with Gasteiger partial charge in [-0.2, -0.15) is 0 Å². The van der Waals surface area contributed by atoms with Crippen molar-refractivity contribution in [1.82, 2.24) is 0 Å². The molecule has 92 valence electrons. The Morgan fingerprint density at radius 1 is 1.00 bits per heavy atom. The van der Waals surface area contributed by atoms with E-state index in [0.29, 0.717) is 0 Å². The minimum Gasteiger partial charge on any atom is -0.481 e. The molecule has 0 aromatic rings. The van der Waals surface area contributed by atoms with Crippen molar-refractivity contribution < 1.29 is 9.90 Å². The van der Waals surface area contributed by atoms with Gasteiger partial charge in [-0.15, -0.1) is 0 Å². The van der Waals surface area contributed by atoms with Crippen molar-refractivity contribution in [2.75, 3.05) is 0 Å². The summed E-state index contributed by atoms with van der Waals surface area (Å²) in [6.07, 6.45) is 7.38. The standard InChI is InChI=1S/C11H22O2.C2H6/c1-3-5-6-7-9-10(8-4-2)11(12)13;1-2/h10H,3-9H2,1-2H3,(H,12,13);1-2H3/t10-;/m1./s1. The van der Waals surface area contributed by atoms with E-state index in [1.54, 1.807) is 0 Å². The number of rotatable bonds is 8. The van der Waals surface area contributed by atoms with Gasteiger partial charge in [-0.25, -0.2) is 0 Å². The molecular formula is C13H28O2. The molecule has 0 aliphatic carbocycles. The lowest BCUT2D eigenvalue weighted by atomic mass is 9.96. The smallest absolute Gasteiger partial charge is 0.306 e. The van der Waals surface area contributed by atoms with Crippen molar-refractivity contribution in [1.29, 1.82) is 0 Å². The molecular weight excluding hydrogens is 188 g/mol. The minimum atomic E-state index is -0.613. The molecule has 0 aromatic carbocycles. The van der Waals surface area contributed by atoms with Crippen LogP contribution in [0.5, 0.6) is 0 Å². The Bertz CT molecular complexity index is 132. The van der Waals surface area contributed by atoms with Gasteiger partial charge >= 0.3 is 5.97 Å². The molecule has 1 atom stereocenters. The van der Waals surface area contributed by atoms with Crippen LogP contribution in [0.1, 0.15) is 72.6 Å². The minimum absolute atomic E-state index is 0.0955. The molecule has 0 unspecified atom stereocenters. The maximum absolute atomic E-state index is 10.8. The van der Waals surface area contributed by atoms with Crippen LogP contribution in [0.15, 0.2) is 0 Å². The summed E-state index contributed by atoms with van der Waals surface area (Å²) in [7, 11) is 0. The number of aliphatic carboxylic acids is 1. The second-order valence-electron chi connectivity index (χ2n) is 3.67. The fourth-order valence-electron chi connectivity index (χ4n) is 1.56. The molecule has 0 fully saturated rings. The molecule has 0 aliphatic heterocycles. The summed E-state index contributed by atoms with van der Waals surface area (Å²) < 4.78 is 0. The van der Waals surface area contributed by atoms with Crippen molar-refractivity contribution >= 4 is 5.97 Å². The van der Waals surface area contributed by atoms with E-state index in [4.69, 9.17) is 5.11 Å². The Labute approximate surface area is 95.1 Å². The topological polar surface area (TPSA) is 37.3 Å². The van der Waals surface area contributed by atoms with Crippen LogP contribution in [0.4, 0.5) is 0 Å². The summed E-state index contributed by atoms with van der Waals surface area (Å²) >= 11 is 0. The first kappa shape index (κ1) is 16.9. The molecule has 0 amide bonds. The van der Waals surface area contributed by atoms with Gasteiger partial charge in [-0.1, -0.05) is 59.8 Å². The largest absolute Gasteiger partial charge is 0.481 e. The highest BCUT2D eigenvalue weighted by Gasteiger charge is 2.14. The van der Waals surface area contributed by atoms with Crippen molar-refractivity contribution in [2.45, 2.75) is 72.6 Å². The highest BCUT2D eigenvalue weighted by molar-refractivity contribution is 5.69. The highest BCUT2D eigenvalue weighted by atomic mass is 16.4. The van der Waals surface area contributed by atoms with E-state index in [0.717, 1.165) is 25.7 Å². The molecule has 15 heavy (non-hydrogen) atoms. The summed E-state index contributed by atoms with van der Waals surface area (Å²) in [6.45, 7) is 8.21. The lowest BCUT2D eigenvalue weighted by Crippen LogP contribution is -2.13. The van der Waals surface area contributed by atoms with E-state index in [1.165, 1.54) is 19.3 Å². The fourth-order valence-corrected chi connectivity index (χ4v) is 1.56. The molecule has 2 nitrogen and oxygen atoms in total. The normalized spacial score (nSPS) is 11.5. The molecule has 0 heterocycles. The van der Waals surface area contributed by atoms with Gasteiger partial charge in [0.05, 0.1) is 5.92 Å². The van der Waals surface area contributed by atoms with Crippen molar-refractivity contribution in [3.05, 3.63) is 0 Å². The summed E-state index contributed by atoms with van der Waals surface area (Å²) in [6, 6.07) is 0. The Kier molecular flexibility index (Phi) is 15.2. The third-order valence-electron chi connectivity index (χ3n) is 2.39. The van der Waals surface area contributed by atoms with Gasteiger partial charge in [0.2, 0.25) is 0 Å². The molecule has 0 saturated heterocycles. The lowest BCUT2D eigenvalue weighted by molar-refractivity contribution is -0.142. The number of hydrogen-bond acceptors (Lipinski definition) is 1. The van der Waals surface area contributed by atoms with Crippen molar-refractivity contribution in [2.24, 2.45) is 5.92 Å². The first-order valence-electron chi connectivity index (χ1n) is 6.45. The van der Waals surface area contributed by atoms with Crippen molar-refractivity contribution in [3.8, 4) is 0 Å². The van der Waals surface area contributed by atoms with Gasteiger partial charge in [0.15, 0.2) is 0 Å². The van der Waals surface area contributed by atoms with Crippen LogP contribution in [0.3, 0.4) is 0 Å². The van der Waals surface area contributed by atoms with E-state index in [9.17, 15) is 4.79 Å². The third-order valence-corrected chi connectivity index (χ3v) is 2.39. The molecule has 0 aliphatic rings. The Morgan fingerprint density at radius 2 is 1.60 bits per heavy atom. The Hall–Kier alpha value is -0.530. The summed E-state index contributed by atoms with van der Waals surface area (Å²) in [5, 5.41) is 8.86. The van der Waals surface area contributed by atoms with E-state index in [2.05, 4.69) is 6.92 Å². The summed E-state index contributed by atoms with van der Waals surface area (Å²) in [4.78, 5) is 10.8. The zero-order chi connectivity index (χ0) is 12.1. The fraction of sp³-hybridized carbons (Fsp3) is 0.923. The maximum atomic E-state index is 10.8. The molecule has 0 radical (unpaired) electrons. The zero-order valence-electron chi connectivity index (χ0n) is 10.9. The Morgan fingerprint density at radius 3 is 2.00 bits per heavy atom. The first-order valence-corrected chi connectivity index (χ1v) is 6.45. The van der Waals surface area contributed by atoms with E-state index in [1.807, 2.05) is 20.8 Å². The molecule has 0 rings (SSSR count). The molecule has 0 bridgehead atoms. The number of carboxylic acid groups (broad SMARTS) is 1. The van der Waals surface area contributed by atoms with Crippen LogP contribution in [-0.4, -0.2) is 11.1 Å². The molecule has 1 N–H and O–H groups in total. The van der Waals surface area contributed by atoms with Gasteiger partial charge in [0, 0.05) is 0 Å². The van der Waals surface area contributed by atoms with Crippen molar-refractivity contribution in [3.63, 3.8) is 0 Å². The predicted molar refractivity (Wildman–Crippen MR) is 66.1 cm³/mol. The van der Waals surface area contributed by atoms with Crippen LogP contribution in [-0.2, 0) is 4.79 Å². The van der Waals surface area contributed by atoms with Gasteiger partial charge < -0.3 is 5.11 Å². The summed E-state index contributed by atoms with van der Waals surface area (Å²) in [5.41, 5.74) is 0. The number of unbranched alkanes of at least 4 members (excludes halogenated alkanes) is 3. The molecule has 0 aromatic heterocycles. The van der Waals surface area contributed by atoms with Crippen LogP contribution in [0.2, 0.25) is 0 Å². The van der Waals surface area contributed by atoms with E-state index in [-0.39, 0.29) is 5.92 Å². The predicted octanol–water partition coefficient (Wildman–Crippen LogP) is 4.48. The summed E-state index contributed by atoms with van der Waals surface area (Å²) in [5.74, 6) is -0.708. The SMILES string of the molecule is CC.CCCCCC[C@@H](CCC)C(=O)O. The average Bonchev–Trinajstić information content (AvgIpc) is 2.25. The second kappa shape index (κ2) is 13.5.